The van der Waals surface area contributed by atoms with Crippen molar-refractivity contribution in [2.24, 2.45) is 0 Å². The van der Waals surface area contributed by atoms with Gasteiger partial charge in [0.15, 0.2) is 5.82 Å². The third-order valence-electron chi connectivity index (χ3n) is 11.4. The molecule has 0 saturated carbocycles. The van der Waals surface area contributed by atoms with Crippen LogP contribution in [-0.2, 0) is 5.41 Å². The molecule has 3 heteroatoms. The lowest BCUT2D eigenvalue weighted by Crippen LogP contribution is -2.25. The van der Waals surface area contributed by atoms with E-state index < -0.39 is 5.41 Å². The summed E-state index contributed by atoms with van der Waals surface area (Å²) in [4.78, 5) is 15.5. The molecular formula is C51H33N3. The van der Waals surface area contributed by atoms with E-state index in [9.17, 15) is 0 Å². The lowest BCUT2D eigenvalue weighted by Gasteiger charge is -2.30. The maximum Gasteiger partial charge on any atom is 0.161 e. The molecule has 9 aromatic rings. The minimum Gasteiger partial charge on any atom is -0.256 e. The number of hydrogen-bond acceptors (Lipinski definition) is 3. The molecule has 54 heavy (non-hydrogen) atoms. The number of fused-ring (bicyclic) bond motifs is 11. The summed E-state index contributed by atoms with van der Waals surface area (Å²) in [6.07, 6.45) is 1.91. The van der Waals surface area contributed by atoms with Crippen molar-refractivity contribution in [3.8, 4) is 67.4 Å². The molecular weight excluding hydrogens is 655 g/mol. The Balaban J connectivity index is 1.21. The summed E-state index contributed by atoms with van der Waals surface area (Å²) < 4.78 is 0. The Bertz CT molecular complexity index is 2960. The van der Waals surface area contributed by atoms with E-state index in [1.165, 1.54) is 55.5 Å². The van der Waals surface area contributed by atoms with Gasteiger partial charge in [-0.15, -0.1) is 0 Å². The maximum atomic E-state index is 5.45. The quantitative estimate of drug-likeness (QED) is 0.185. The fraction of sp³-hybridized carbons (Fsp3) is 0.0392. The Morgan fingerprint density at radius 1 is 0.407 bits per heavy atom. The second kappa shape index (κ2) is 11.8. The molecule has 7 aromatic carbocycles. The molecule has 2 aliphatic rings. The van der Waals surface area contributed by atoms with Gasteiger partial charge in [-0.25, -0.2) is 9.97 Å². The monoisotopic (exact) mass is 687 g/mol. The van der Waals surface area contributed by atoms with Crippen molar-refractivity contribution in [2.45, 2.75) is 12.3 Å². The molecule has 3 nitrogen and oxygen atoms in total. The molecule has 0 radical (unpaired) electrons. The number of rotatable bonds is 4. The van der Waals surface area contributed by atoms with Crippen molar-refractivity contribution in [2.75, 3.05) is 0 Å². The van der Waals surface area contributed by atoms with Crippen LogP contribution in [0.15, 0.2) is 182 Å². The van der Waals surface area contributed by atoms with Crippen molar-refractivity contribution >= 4 is 10.8 Å². The van der Waals surface area contributed by atoms with Crippen LogP contribution in [0.3, 0.4) is 0 Å². The van der Waals surface area contributed by atoms with Crippen molar-refractivity contribution in [1.82, 2.24) is 15.0 Å². The van der Waals surface area contributed by atoms with Gasteiger partial charge >= 0.3 is 0 Å². The van der Waals surface area contributed by atoms with Crippen LogP contribution in [-0.4, -0.2) is 15.0 Å². The van der Waals surface area contributed by atoms with Gasteiger partial charge in [0, 0.05) is 28.5 Å². The lowest BCUT2D eigenvalue weighted by atomic mass is 9.70. The van der Waals surface area contributed by atoms with Gasteiger partial charge in [-0.3, -0.25) is 4.98 Å². The largest absolute Gasteiger partial charge is 0.256 e. The van der Waals surface area contributed by atoms with Crippen molar-refractivity contribution in [3.05, 3.63) is 210 Å². The van der Waals surface area contributed by atoms with E-state index in [1.807, 2.05) is 6.20 Å². The van der Waals surface area contributed by atoms with E-state index in [-0.39, 0.29) is 0 Å². The normalized spacial score (nSPS) is 14.8. The van der Waals surface area contributed by atoms with Gasteiger partial charge in [0.1, 0.15) is 0 Å². The van der Waals surface area contributed by atoms with Crippen molar-refractivity contribution in [1.29, 1.82) is 0 Å². The van der Waals surface area contributed by atoms with Gasteiger partial charge in [-0.2, -0.15) is 0 Å². The van der Waals surface area contributed by atoms with E-state index in [1.54, 1.807) is 0 Å². The average Bonchev–Trinajstić information content (AvgIpc) is 3.71. The second-order valence-electron chi connectivity index (χ2n) is 14.4. The highest BCUT2D eigenvalue weighted by atomic mass is 14.9. The highest BCUT2D eigenvalue weighted by molar-refractivity contribution is 6.01. The van der Waals surface area contributed by atoms with E-state index in [4.69, 9.17) is 15.0 Å². The van der Waals surface area contributed by atoms with Crippen LogP contribution < -0.4 is 0 Å². The molecule has 2 heterocycles. The number of hydrogen-bond donors (Lipinski definition) is 0. The Labute approximate surface area is 314 Å². The SMILES string of the molecule is Cc1ccnc(-c2ccc3c(c2)C2(c4ccccc4-3)c3ccccc3-c3c(-c4cc(-c5ccccc5)nc(-c5cccc6ccccc56)n4)cccc32)c1. The van der Waals surface area contributed by atoms with Gasteiger partial charge in [0.25, 0.3) is 0 Å². The predicted molar refractivity (Wildman–Crippen MR) is 220 cm³/mol. The summed E-state index contributed by atoms with van der Waals surface area (Å²) in [5.41, 5.74) is 17.9. The van der Waals surface area contributed by atoms with Crippen LogP contribution in [0.25, 0.3) is 78.2 Å². The van der Waals surface area contributed by atoms with Gasteiger partial charge in [-0.1, -0.05) is 152 Å². The topological polar surface area (TPSA) is 38.7 Å². The van der Waals surface area contributed by atoms with E-state index >= 15 is 0 Å². The molecule has 0 aliphatic heterocycles. The lowest BCUT2D eigenvalue weighted by molar-refractivity contribution is 0.794. The molecule has 1 atom stereocenters. The minimum atomic E-state index is -0.512. The van der Waals surface area contributed by atoms with Crippen molar-refractivity contribution in [3.63, 3.8) is 0 Å². The molecule has 0 bridgehead atoms. The molecule has 0 N–H and O–H groups in total. The Kier molecular flexibility index (Phi) is 6.68. The van der Waals surface area contributed by atoms with Crippen LogP contribution in [0, 0.1) is 6.92 Å². The zero-order valence-corrected chi connectivity index (χ0v) is 29.7. The Hall–Kier alpha value is -6.97. The number of aryl methyl sites for hydroxylation is 1. The second-order valence-corrected chi connectivity index (χ2v) is 14.4. The molecule has 0 amide bonds. The van der Waals surface area contributed by atoms with Crippen LogP contribution in [0.5, 0.6) is 0 Å². The third kappa shape index (κ3) is 4.39. The molecule has 0 fully saturated rings. The first-order chi connectivity index (χ1) is 26.7. The van der Waals surface area contributed by atoms with Crippen LogP contribution >= 0.6 is 0 Å². The molecule has 1 spiro atoms. The number of benzene rings is 7. The number of aromatic nitrogens is 3. The zero-order chi connectivity index (χ0) is 35.8. The summed E-state index contributed by atoms with van der Waals surface area (Å²) >= 11 is 0. The maximum absolute atomic E-state index is 5.45. The number of pyridine rings is 1. The first-order valence-corrected chi connectivity index (χ1v) is 18.5. The van der Waals surface area contributed by atoms with Gasteiger partial charge in [-0.05, 0) is 92.0 Å². The minimum absolute atomic E-state index is 0.512. The Morgan fingerprint density at radius 3 is 1.93 bits per heavy atom. The molecule has 11 rings (SSSR count). The highest BCUT2D eigenvalue weighted by Gasteiger charge is 2.52. The highest BCUT2D eigenvalue weighted by Crippen LogP contribution is 2.64. The summed E-state index contributed by atoms with van der Waals surface area (Å²) in [6.45, 7) is 2.13. The summed E-state index contributed by atoms with van der Waals surface area (Å²) in [6, 6.07) is 63.4. The molecule has 2 aromatic heterocycles. The standard InChI is InChI=1S/C51H33N3/c1-32-27-28-52-46(29-32)35-25-26-38-37-18-7-9-22-42(37)51(45(38)30-35)43-23-10-8-19-40(43)49-41(21-12-24-44(49)51)48-31-47(34-14-3-2-4-15-34)53-50(54-48)39-20-11-16-33-13-5-6-17-36(33)39/h2-31H,1H3. The first-order valence-electron chi connectivity index (χ1n) is 18.5. The smallest absolute Gasteiger partial charge is 0.161 e. The first kappa shape index (κ1) is 30.6. The van der Waals surface area contributed by atoms with Gasteiger partial charge in [0.05, 0.1) is 22.5 Å². The molecule has 1 unspecified atom stereocenters. The van der Waals surface area contributed by atoms with Crippen LogP contribution in [0.2, 0.25) is 0 Å². The van der Waals surface area contributed by atoms with Crippen molar-refractivity contribution < 1.29 is 0 Å². The fourth-order valence-electron chi connectivity index (χ4n) is 9.14. The van der Waals surface area contributed by atoms with E-state index in [0.717, 1.165) is 44.7 Å². The summed E-state index contributed by atoms with van der Waals surface area (Å²) in [5, 5.41) is 2.30. The fourth-order valence-corrected chi connectivity index (χ4v) is 9.14. The van der Waals surface area contributed by atoms with E-state index in [2.05, 4.69) is 183 Å². The molecule has 2 aliphatic carbocycles. The third-order valence-corrected chi connectivity index (χ3v) is 11.4. The summed E-state index contributed by atoms with van der Waals surface area (Å²) in [5.74, 6) is 0.716. The van der Waals surface area contributed by atoms with Crippen LogP contribution in [0.4, 0.5) is 0 Å². The summed E-state index contributed by atoms with van der Waals surface area (Å²) in [7, 11) is 0. The predicted octanol–water partition coefficient (Wildman–Crippen LogP) is 12.3. The molecule has 0 saturated heterocycles. The zero-order valence-electron chi connectivity index (χ0n) is 29.7. The average molecular weight is 688 g/mol. The van der Waals surface area contributed by atoms with Crippen LogP contribution in [0.1, 0.15) is 27.8 Å². The van der Waals surface area contributed by atoms with Gasteiger partial charge in [0.2, 0.25) is 0 Å². The number of nitrogens with zero attached hydrogens (tertiary/aromatic N) is 3. The van der Waals surface area contributed by atoms with E-state index in [0.29, 0.717) is 5.82 Å². The van der Waals surface area contributed by atoms with Gasteiger partial charge < -0.3 is 0 Å². The Morgan fingerprint density at radius 2 is 1.06 bits per heavy atom. The molecule has 252 valence electrons.